The quantitative estimate of drug-likeness (QED) is 0.166. The largest absolute Gasteiger partial charge is 0.420 e. The van der Waals surface area contributed by atoms with Crippen LogP contribution in [-0.4, -0.2) is 9.13 Å². The van der Waals surface area contributed by atoms with Crippen molar-refractivity contribution in [3.8, 4) is 11.4 Å². The van der Waals surface area contributed by atoms with Crippen LogP contribution in [0.1, 0.15) is 0 Å². The van der Waals surface area contributed by atoms with E-state index in [0.717, 1.165) is 55.0 Å². The lowest BCUT2D eigenvalue weighted by Gasteiger charge is -2.12. The standard InChI is InChI=1S/C37H22N2O2/c40-37-31-15-5-4-12-25(31)30-21-20-29-27-14-7-9-17-33(27)39(35(29)36(30)41-37)24-18-19-28-26-13-6-8-16-32(26)38(34(28)22-24)23-10-2-1-3-11-23/h1-22H. The zero-order chi connectivity index (χ0) is 27.1. The van der Waals surface area contributed by atoms with E-state index in [9.17, 15) is 4.79 Å². The van der Waals surface area contributed by atoms with E-state index in [4.69, 9.17) is 4.42 Å². The molecule has 0 aliphatic carbocycles. The van der Waals surface area contributed by atoms with E-state index in [2.05, 4.69) is 112 Å². The molecule has 4 heteroatoms. The van der Waals surface area contributed by atoms with Crippen LogP contribution in [0.4, 0.5) is 0 Å². The van der Waals surface area contributed by atoms with Crippen molar-refractivity contribution < 1.29 is 4.42 Å². The number of hydrogen-bond acceptors (Lipinski definition) is 2. The van der Waals surface area contributed by atoms with Crippen molar-refractivity contribution >= 4 is 65.4 Å². The Bertz CT molecular complexity index is 2550. The van der Waals surface area contributed by atoms with Crippen molar-refractivity contribution in [3.63, 3.8) is 0 Å². The smallest absolute Gasteiger partial charge is 0.344 e. The molecule has 0 N–H and O–H groups in total. The molecule has 3 aromatic heterocycles. The van der Waals surface area contributed by atoms with Gasteiger partial charge in [-0.05, 0) is 53.9 Å². The zero-order valence-corrected chi connectivity index (χ0v) is 21.9. The highest BCUT2D eigenvalue weighted by Crippen LogP contribution is 2.39. The molecule has 0 bridgehead atoms. The molecule has 0 amide bonds. The third-order valence-corrected chi connectivity index (χ3v) is 8.35. The minimum absolute atomic E-state index is 0.322. The normalized spacial score (nSPS) is 12.0. The summed E-state index contributed by atoms with van der Waals surface area (Å²) in [5, 5.41) is 6.99. The molecule has 4 nitrogen and oxygen atoms in total. The topological polar surface area (TPSA) is 40.1 Å². The van der Waals surface area contributed by atoms with Crippen LogP contribution in [0.25, 0.3) is 76.7 Å². The highest BCUT2D eigenvalue weighted by atomic mass is 16.4. The number of aromatic nitrogens is 2. The summed E-state index contributed by atoms with van der Waals surface area (Å²) in [6.07, 6.45) is 0. The Hall–Kier alpha value is -5.61. The van der Waals surface area contributed by atoms with Gasteiger partial charge in [-0.25, -0.2) is 4.79 Å². The maximum atomic E-state index is 13.2. The van der Waals surface area contributed by atoms with Gasteiger partial charge in [0.2, 0.25) is 0 Å². The van der Waals surface area contributed by atoms with Crippen molar-refractivity contribution in [2.45, 2.75) is 0 Å². The molecule has 3 heterocycles. The molecule has 0 unspecified atom stereocenters. The van der Waals surface area contributed by atoms with Gasteiger partial charge in [-0.2, -0.15) is 0 Å². The first-order valence-corrected chi connectivity index (χ1v) is 13.7. The second-order valence-electron chi connectivity index (χ2n) is 10.5. The Morgan fingerprint density at radius 3 is 1.76 bits per heavy atom. The van der Waals surface area contributed by atoms with Crippen LogP contribution in [-0.2, 0) is 0 Å². The second kappa shape index (κ2) is 8.20. The molecule has 0 radical (unpaired) electrons. The summed E-state index contributed by atoms with van der Waals surface area (Å²) >= 11 is 0. The minimum atomic E-state index is -0.322. The summed E-state index contributed by atoms with van der Waals surface area (Å²) in [6.45, 7) is 0. The first-order valence-electron chi connectivity index (χ1n) is 13.7. The summed E-state index contributed by atoms with van der Waals surface area (Å²) in [5.74, 6) is 0. The average molecular weight is 527 g/mol. The number of rotatable bonds is 2. The second-order valence-corrected chi connectivity index (χ2v) is 10.5. The van der Waals surface area contributed by atoms with Gasteiger partial charge < -0.3 is 13.6 Å². The number of benzene rings is 6. The summed E-state index contributed by atoms with van der Waals surface area (Å²) in [7, 11) is 0. The van der Waals surface area contributed by atoms with Crippen LogP contribution in [0.15, 0.2) is 143 Å². The monoisotopic (exact) mass is 526 g/mol. The summed E-state index contributed by atoms with van der Waals surface area (Å²) in [6, 6.07) is 46.0. The zero-order valence-electron chi connectivity index (χ0n) is 21.9. The predicted molar refractivity (Wildman–Crippen MR) is 169 cm³/mol. The van der Waals surface area contributed by atoms with E-state index < -0.39 is 0 Å². The fourth-order valence-electron chi connectivity index (χ4n) is 6.61. The minimum Gasteiger partial charge on any atom is -0.420 e. The van der Waals surface area contributed by atoms with Crippen molar-refractivity contribution in [1.29, 1.82) is 0 Å². The predicted octanol–water partition coefficient (Wildman–Crippen LogP) is 9.14. The third-order valence-electron chi connectivity index (χ3n) is 8.35. The highest BCUT2D eigenvalue weighted by molar-refractivity contribution is 6.21. The van der Waals surface area contributed by atoms with Crippen LogP contribution in [0.2, 0.25) is 0 Å². The van der Waals surface area contributed by atoms with Crippen molar-refractivity contribution in [2.24, 2.45) is 0 Å². The van der Waals surface area contributed by atoms with Gasteiger partial charge in [0.15, 0.2) is 5.58 Å². The van der Waals surface area contributed by atoms with E-state index >= 15 is 0 Å². The van der Waals surface area contributed by atoms with Gasteiger partial charge in [-0.1, -0.05) is 84.9 Å². The first-order chi connectivity index (χ1) is 20.3. The lowest BCUT2D eigenvalue weighted by molar-refractivity contribution is 0.572. The number of fused-ring (bicyclic) bond motifs is 10. The molecule has 0 aliphatic rings. The van der Waals surface area contributed by atoms with Gasteiger partial charge in [-0.3, -0.25) is 0 Å². The van der Waals surface area contributed by atoms with Gasteiger partial charge in [0.25, 0.3) is 0 Å². The number of para-hydroxylation sites is 3. The molecule has 192 valence electrons. The molecule has 0 atom stereocenters. The molecule has 9 aromatic rings. The van der Waals surface area contributed by atoms with Crippen LogP contribution in [0.5, 0.6) is 0 Å². The molecule has 0 spiro atoms. The third kappa shape index (κ3) is 3.02. The van der Waals surface area contributed by atoms with E-state index in [0.29, 0.717) is 11.0 Å². The Labute approximate surface area is 233 Å². The molecule has 0 aliphatic heterocycles. The average Bonchev–Trinajstić information content (AvgIpc) is 3.54. The van der Waals surface area contributed by atoms with Gasteiger partial charge >= 0.3 is 5.63 Å². The molecule has 41 heavy (non-hydrogen) atoms. The maximum absolute atomic E-state index is 13.2. The lowest BCUT2D eigenvalue weighted by Crippen LogP contribution is -2.01. The number of hydrogen-bond donors (Lipinski definition) is 0. The van der Waals surface area contributed by atoms with Crippen molar-refractivity contribution in [2.75, 3.05) is 0 Å². The van der Waals surface area contributed by atoms with Gasteiger partial charge in [0.1, 0.15) is 0 Å². The highest BCUT2D eigenvalue weighted by Gasteiger charge is 2.20. The SMILES string of the molecule is O=c1oc2c(ccc3c4ccccc4n(-c4ccc5c6ccccc6n(-c6ccccc6)c5c4)c32)c2ccccc12. The van der Waals surface area contributed by atoms with E-state index in [-0.39, 0.29) is 5.63 Å². The molecular formula is C37H22N2O2. The molecule has 0 saturated carbocycles. The molecular weight excluding hydrogens is 504 g/mol. The van der Waals surface area contributed by atoms with Gasteiger partial charge in [0, 0.05) is 38.3 Å². The van der Waals surface area contributed by atoms with Crippen LogP contribution >= 0.6 is 0 Å². The maximum Gasteiger partial charge on any atom is 0.344 e. The summed E-state index contributed by atoms with van der Waals surface area (Å²) in [5.41, 5.74) is 6.64. The van der Waals surface area contributed by atoms with Gasteiger partial charge in [-0.15, -0.1) is 0 Å². The van der Waals surface area contributed by atoms with Gasteiger partial charge in [0.05, 0.1) is 27.5 Å². The molecule has 6 aromatic carbocycles. The lowest BCUT2D eigenvalue weighted by atomic mass is 10.1. The first kappa shape index (κ1) is 22.2. The van der Waals surface area contributed by atoms with Crippen molar-refractivity contribution in [3.05, 3.63) is 144 Å². The Morgan fingerprint density at radius 2 is 0.976 bits per heavy atom. The van der Waals surface area contributed by atoms with Crippen LogP contribution < -0.4 is 5.63 Å². The Morgan fingerprint density at radius 1 is 0.415 bits per heavy atom. The molecule has 0 saturated heterocycles. The van der Waals surface area contributed by atoms with E-state index in [1.165, 1.54) is 10.8 Å². The Kier molecular flexibility index (Phi) is 4.44. The summed E-state index contributed by atoms with van der Waals surface area (Å²) < 4.78 is 10.7. The summed E-state index contributed by atoms with van der Waals surface area (Å²) in [4.78, 5) is 13.2. The Balaban J connectivity index is 1.46. The molecule has 9 rings (SSSR count). The fraction of sp³-hybridized carbons (Fsp3) is 0. The number of nitrogens with zero attached hydrogens (tertiary/aromatic N) is 2. The van der Waals surface area contributed by atoms with Crippen LogP contribution in [0, 0.1) is 0 Å². The van der Waals surface area contributed by atoms with Crippen molar-refractivity contribution in [1.82, 2.24) is 9.13 Å². The van der Waals surface area contributed by atoms with E-state index in [1.807, 2.05) is 30.3 Å². The van der Waals surface area contributed by atoms with Crippen LogP contribution in [0.3, 0.4) is 0 Å². The van der Waals surface area contributed by atoms with E-state index in [1.54, 1.807) is 0 Å². The fourth-order valence-corrected chi connectivity index (χ4v) is 6.61. The molecule has 0 fully saturated rings.